The van der Waals surface area contributed by atoms with Gasteiger partial charge in [-0.15, -0.1) is 11.3 Å². The molecule has 24 heavy (non-hydrogen) atoms. The van der Waals surface area contributed by atoms with E-state index in [9.17, 15) is 18.3 Å². The summed E-state index contributed by atoms with van der Waals surface area (Å²) in [6.07, 6.45) is 0.704. The maximum absolute atomic E-state index is 13.0. The zero-order valence-corrected chi connectivity index (χ0v) is 14.6. The van der Waals surface area contributed by atoms with Gasteiger partial charge >= 0.3 is 5.97 Å². The quantitative estimate of drug-likeness (QED) is 0.894. The van der Waals surface area contributed by atoms with Crippen molar-refractivity contribution in [2.75, 3.05) is 13.7 Å². The van der Waals surface area contributed by atoms with Gasteiger partial charge in [-0.05, 0) is 47.7 Å². The van der Waals surface area contributed by atoms with Crippen LogP contribution in [0, 0.1) is 0 Å². The summed E-state index contributed by atoms with van der Waals surface area (Å²) in [5.41, 5.74) is 0.917. The van der Waals surface area contributed by atoms with Crippen molar-refractivity contribution < 1.29 is 23.1 Å². The number of rotatable bonds is 4. The average Bonchev–Trinajstić information content (AvgIpc) is 2.92. The molecule has 1 aromatic carbocycles. The first-order valence-electron chi connectivity index (χ1n) is 7.37. The Morgan fingerprint density at radius 1 is 1.29 bits per heavy atom. The van der Waals surface area contributed by atoms with Crippen molar-refractivity contribution in [3.63, 3.8) is 0 Å². The molecule has 1 unspecified atom stereocenters. The predicted octanol–water partition coefficient (Wildman–Crippen LogP) is 2.00. The molecule has 1 aliphatic heterocycles. The van der Waals surface area contributed by atoms with E-state index in [0.29, 0.717) is 12.2 Å². The van der Waals surface area contributed by atoms with Crippen LogP contribution in [0.4, 0.5) is 0 Å². The van der Waals surface area contributed by atoms with Gasteiger partial charge < -0.3 is 9.84 Å². The molecule has 1 aliphatic rings. The lowest BCUT2D eigenvalue weighted by Gasteiger charge is -2.26. The molecule has 1 N–H and O–H groups in total. The molecule has 128 valence electrons. The number of methoxy groups -OCH3 is 1. The highest BCUT2D eigenvalue weighted by Gasteiger charge is 2.38. The van der Waals surface area contributed by atoms with Crippen molar-refractivity contribution in [3.05, 3.63) is 46.2 Å². The molecule has 0 spiro atoms. The van der Waals surface area contributed by atoms with E-state index in [1.807, 2.05) is 11.4 Å². The highest BCUT2D eigenvalue weighted by molar-refractivity contribution is 7.89. The maximum atomic E-state index is 13.0. The summed E-state index contributed by atoms with van der Waals surface area (Å²) in [7, 11) is -2.40. The minimum atomic E-state index is -3.90. The van der Waals surface area contributed by atoms with Crippen LogP contribution in [-0.2, 0) is 27.7 Å². The molecular weight excluding hydrogens is 350 g/mol. The molecule has 1 aromatic heterocycles. The fourth-order valence-corrected chi connectivity index (χ4v) is 5.32. The lowest BCUT2D eigenvalue weighted by Crippen LogP contribution is -2.46. The molecule has 8 heteroatoms. The van der Waals surface area contributed by atoms with Crippen LogP contribution in [0.2, 0.25) is 0 Å². The zero-order valence-electron chi connectivity index (χ0n) is 13.0. The molecule has 0 aliphatic carbocycles. The van der Waals surface area contributed by atoms with E-state index in [1.54, 1.807) is 12.1 Å². The molecule has 0 amide bonds. The van der Waals surface area contributed by atoms with Crippen LogP contribution in [0.5, 0.6) is 5.75 Å². The second kappa shape index (κ2) is 6.54. The van der Waals surface area contributed by atoms with Gasteiger partial charge in [-0.3, -0.25) is 4.79 Å². The van der Waals surface area contributed by atoms with Gasteiger partial charge in [0.15, 0.2) is 0 Å². The third kappa shape index (κ3) is 3.04. The van der Waals surface area contributed by atoms with Crippen molar-refractivity contribution in [1.82, 2.24) is 4.31 Å². The average molecular weight is 367 g/mol. The number of carboxylic acid groups (broad SMARTS) is 1. The number of carboxylic acids is 1. The molecule has 0 fully saturated rings. The van der Waals surface area contributed by atoms with E-state index in [0.717, 1.165) is 14.7 Å². The number of thiophene rings is 1. The van der Waals surface area contributed by atoms with E-state index in [4.69, 9.17) is 4.74 Å². The van der Waals surface area contributed by atoms with E-state index >= 15 is 0 Å². The molecule has 1 atom stereocenters. The Hall–Kier alpha value is -1.90. The summed E-state index contributed by atoms with van der Waals surface area (Å²) in [6.45, 7) is 0.152. The Morgan fingerprint density at radius 3 is 2.62 bits per heavy atom. The van der Waals surface area contributed by atoms with Crippen LogP contribution in [-0.4, -0.2) is 43.5 Å². The Bertz CT molecular complexity index is 842. The van der Waals surface area contributed by atoms with Crippen LogP contribution < -0.4 is 4.74 Å². The first-order chi connectivity index (χ1) is 11.4. The zero-order chi connectivity index (χ0) is 17.3. The van der Waals surface area contributed by atoms with Gasteiger partial charge in [-0.1, -0.05) is 0 Å². The number of carbonyl (C=O) groups is 1. The first-order valence-corrected chi connectivity index (χ1v) is 9.69. The molecule has 0 radical (unpaired) electrons. The molecule has 0 bridgehead atoms. The van der Waals surface area contributed by atoms with Crippen molar-refractivity contribution >= 4 is 27.3 Å². The van der Waals surface area contributed by atoms with Crippen LogP contribution in [0.25, 0.3) is 0 Å². The Labute approximate surface area is 144 Å². The van der Waals surface area contributed by atoms with Crippen molar-refractivity contribution in [1.29, 1.82) is 0 Å². The van der Waals surface area contributed by atoms with Crippen LogP contribution in [0.1, 0.15) is 10.4 Å². The summed E-state index contributed by atoms with van der Waals surface area (Å²) in [4.78, 5) is 12.8. The van der Waals surface area contributed by atoms with Crippen molar-refractivity contribution in [3.8, 4) is 5.75 Å². The van der Waals surface area contributed by atoms with Crippen LogP contribution in [0.15, 0.2) is 40.6 Å². The van der Waals surface area contributed by atoms with E-state index in [-0.39, 0.29) is 17.9 Å². The third-order valence-corrected chi connectivity index (χ3v) is 7.05. The maximum Gasteiger partial charge on any atom is 0.322 e. The van der Waals surface area contributed by atoms with Gasteiger partial charge in [0.2, 0.25) is 10.0 Å². The largest absolute Gasteiger partial charge is 0.497 e. The van der Waals surface area contributed by atoms with Gasteiger partial charge in [-0.2, -0.15) is 4.31 Å². The number of sulfonamides is 1. The second-order valence-electron chi connectivity index (χ2n) is 5.47. The third-order valence-electron chi connectivity index (χ3n) is 4.11. The molecule has 0 saturated heterocycles. The minimum Gasteiger partial charge on any atom is -0.497 e. The van der Waals surface area contributed by atoms with E-state index < -0.39 is 22.0 Å². The Morgan fingerprint density at radius 2 is 2.00 bits per heavy atom. The van der Waals surface area contributed by atoms with Crippen molar-refractivity contribution in [2.24, 2.45) is 0 Å². The summed E-state index contributed by atoms with van der Waals surface area (Å²) < 4.78 is 32.0. The van der Waals surface area contributed by atoms with E-state index in [2.05, 4.69) is 0 Å². The molecule has 0 saturated carbocycles. The predicted molar refractivity (Wildman–Crippen MR) is 90.0 cm³/mol. The smallest absolute Gasteiger partial charge is 0.322 e. The fourth-order valence-electron chi connectivity index (χ4n) is 2.83. The standard InChI is InChI=1S/C16H17NO5S2/c1-22-12-2-4-13(5-3-12)24(20,21)17-8-6-15-11(7-9-23-15)10-14(17)16(18)19/h2-5,7,9,14H,6,8,10H2,1H3,(H,18,19). The SMILES string of the molecule is COc1ccc(S(=O)(=O)N2CCc3sccc3CC2C(=O)O)cc1. The van der Waals surface area contributed by atoms with E-state index in [1.165, 1.54) is 30.6 Å². The number of hydrogen-bond donors (Lipinski definition) is 1. The number of fused-ring (bicyclic) bond motifs is 1. The Kier molecular flexibility index (Phi) is 4.62. The fraction of sp³-hybridized carbons (Fsp3) is 0.312. The Balaban J connectivity index is 1.98. The highest BCUT2D eigenvalue weighted by Crippen LogP contribution is 2.29. The number of hydrogen-bond acceptors (Lipinski definition) is 5. The minimum absolute atomic E-state index is 0.0693. The first kappa shape index (κ1) is 16.9. The number of ether oxygens (including phenoxy) is 1. The van der Waals surface area contributed by atoms with Gasteiger partial charge in [0, 0.05) is 17.8 Å². The summed E-state index contributed by atoms with van der Waals surface area (Å²) >= 11 is 1.53. The number of benzene rings is 1. The number of aliphatic carboxylic acids is 1. The van der Waals surface area contributed by atoms with Crippen LogP contribution in [0.3, 0.4) is 0 Å². The van der Waals surface area contributed by atoms with Gasteiger partial charge in [0.25, 0.3) is 0 Å². The molecular formula is C16H17NO5S2. The molecule has 2 heterocycles. The topological polar surface area (TPSA) is 83.9 Å². The summed E-state index contributed by atoms with van der Waals surface area (Å²) in [6, 6.07) is 6.75. The van der Waals surface area contributed by atoms with Gasteiger partial charge in [0.05, 0.1) is 12.0 Å². The molecule has 2 aromatic rings. The molecule has 3 rings (SSSR count). The monoisotopic (exact) mass is 367 g/mol. The summed E-state index contributed by atoms with van der Waals surface area (Å²) in [5.74, 6) is -0.590. The lowest BCUT2D eigenvalue weighted by molar-refractivity contribution is -0.141. The summed E-state index contributed by atoms with van der Waals surface area (Å²) in [5, 5.41) is 11.5. The van der Waals surface area contributed by atoms with Gasteiger partial charge in [0.1, 0.15) is 11.8 Å². The number of nitrogens with zero attached hydrogens (tertiary/aromatic N) is 1. The second-order valence-corrected chi connectivity index (χ2v) is 8.36. The van der Waals surface area contributed by atoms with Crippen molar-refractivity contribution in [2.45, 2.75) is 23.8 Å². The molecule has 6 nitrogen and oxygen atoms in total. The normalized spacial score (nSPS) is 18.6. The van der Waals surface area contributed by atoms with Gasteiger partial charge in [-0.25, -0.2) is 8.42 Å². The van der Waals surface area contributed by atoms with Crippen LogP contribution >= 0.6 is 11.3 Å². The lowest BCUT2D eigenvalue weighted by atomic mass is 10.1. The highest BCUT2D eigenvalue weighted by atomic mass is 32.2.